The molecular formula is C14H22N2O3Si. The van der Waals surface area contributed by atoms with Gasteiger partial charge in [0, 0.05) is 33.9 Å². The SMILES string of the molecule is CC#CO[Si](CCCNCCN)(OC#CC)OC#CC. The van der Waals surface area contributed by atoms with Crippen molar-refractivity contribution in [1.29, 1.82) is 0 Å². The molecule has 0 spiro atoms. The molecule has 0 aromatic carbocycles. The Morgan fingerprint density at radius 1 is 0.900 bits per heavy atom. The third-order valence-electron chi connectivity index (χ3n) is 2.08. The van der Waals surface area contributed by atoms with Crippen molar-refractivity contribution < 1.29 is 13.3 Å². The first-order chi connectivity index (χ1) is 9.74. The molecule has 110 valence electrons. The van der Waals surface area contributed by atoms with Gasteiger partial charge in [-0.15, -0.1) is 0 Å². The van der Waals surface area contributed by atoms with Crippen molar-refractivity contribution in [2.45, 2.75) is 33.2 Å². The van der Waals surface area contributed by atoms with E-state index in [-0.39, 0.29) is 0 Å². The quantitative estimate of drug-likeness (QED) is 0.375. The van der Waals surface area contributed by atoms with Gasteiger partial charge >= 0.3 is 8.80 Å². The normalized spacial score (nSPS) is 9.00. The first kappa shape index (κ1) is 18.2. The predicted molar refractivity (Wildman–Crippen MR) is 80.7 cm³/mol. The summed E-state index contributed by atoms with van der Waals surface area (Å²) < 4.78 is 16.4. The molecule has 0 rings (SSSR count). The van der Waals surface area contributed by atoms with E-state index in [1.165, 1.54) is 0 Å². The van der Waals surface area contributed by atoms with Gasteiger partial charge in [-0.25, -0.2) is 0 Å². The zero-order valence-electron chi connectivity index (χ0n) is 12.3. The fraction of sp³-hybridized carbons (Fsp3) is 0.571. The average Bonchev–Trinajstić information content (AvgIpc) is 2.48. The van der Waals surface area contributed by atoms with E-state index >= 15 is 0 Å². The first-order valence-corrected chi connectivity index (χ1v) is 8.38. The third-order valence-corrected chi connectivity index (χ3v) is 4.29. The summed E-state index contributed by atoms with van der Waals surface area (Å²) in [5.74, 6) is 7.98. The van der Waals surface area contributed by atoms with E-state index in [2.05, 4.69) is 41.4 Å². The zero-order valence-corrected chi connectivity index (χ0v) is 13.3. The number of hydrogen-bond acceptors (Lipinski definition) is 5. The van der Waals surface area contributed by atoms with Gasteiger partial charge in [0.25, 0.3) is 0 Å². The molecule has 0 fully saturated rings. The molecule has 3 N–H and O–H groups in total. The smallest absolute Gasteiger partial charge is 0.432 e. The average molecular weight is 294 g/mol. The van der Waals surface area contributed by atoms with E-state index in [4.69, 9.17) is 19.0 Å². The highest BCUT2D eigenvalue weighted by atomic mass is 28.4. The summed E-state index contributed by atoms with van der Waals surface area (Å²) in [6.45, 7) is 7.21. The van der Waals surface area contributed by atoms with Crippen LogP contribution in [0, 0.1) is 36.1 Å². The van der Waals surface area contributed by atoms with Crippen molar-refractivity contribution in [3.63, 3.8) is 0 Å². The van der Waals surface area contributed by atoms with Crippen LogP contribution in [0.15, 0.2) is 0 Å². The molecule has 0 unspecified atom stereocenters. The summed E-state index contributed by atoms with van der Waals surface area (Å²) in [4.78, 5) is 0. The highest BCUT2D eigenvalue weighted by molar-refractivity contribution is 6.61. The van der Waals surface area contributed by atoms with Crippen LogP contribution < -0.4 is 11.1 Å². The highest BCUT2D eigenvalue weighted by Gasteiger charge is 2.48. The van der Waals surface area contributed by atoms with Gasteiger partial charge in [-0.1, -0.05) is 17.8 Å². The lowest BCUT2D eigenvalue weighted by molar-refractivity contribution is 0.210. The Morgan fingerprint density at radius 3 is 1.80 bits per heavy atom. The zero-order chi connectivity index (χ0) is 15.1. The largest absolute Gasteiger partial charge is 0.725 e. The maximum absolute atomic E-state index is 5.47. The van der Waals surface area contributed by atoms with Crippen molar-refractivity contribution in [2.24, 2.45) is 5.73 Å². The molecule has 0 saturated heterocycles. The monoisotopic (exact) mass is 294 g/mol. The van der Waals surface area contributed by atoms with E-state index in [1.807, 2.05) is 0 Å². The lowest BCUT2D eigenvalue weighted by Gasteiger charge is -2.21. The van der Waals surface area contributed by atoms with Crippen LogP contribution in [-0.4, -0.2) is 28.4 Å². The number of nitrogens with two attached hydrogens (primary N) is 1. The van der Waals surface area contributed by atoms with E-state index in [0.29, 0.717) is 12.6 Å². The van der Waals surface area contributed by atoms with E-state index < -0.39 is 8.80 Å². The molecule has 0 aromatic rings. The van der Waals surface area contributed by atoms with Crippen LogP contribution in [0.5, 0.6) is 0 Å². The molecule has 0 aliphatic carbocycles. The van der Waals surface area contributed by atoms with Crippen LogP contribution in [0.25, 0.3) is 0 Å². The van der Waals surface area contributed by atoms with Gasteiger partial charge in [-0.3, -0.25) is 0 Å². The maximum Gasteiger partial charge on any atom is 0.725 e. The third kappa shape index (κ3) is 8.34. The molecule has 0 heterocycles. The molecule has 0 aliphatic rings. The second-order valence-electron chi connectivity index (χ2n) is 3.69. The molecule has 0 aliphatic heterocycles. The Kier molecular flexibility index (Phi) is 11.2. The summed E-state index contributed by atoms with van der Waals surface area (Å²) in [6.07, 6.45) is 8.43. The fourth-order valence-electron chi connectivity index (χ4n) is 1.26. The Bertz CT molecular complexity index is 379. The standard InChI is InChI=1S/C14H22N2O3Si/c1-4-11-17-20(18-12-5-2,19-13-6-3)14-7-9-16-10-8-15/h16H,7-10,14-15H2,1-3H3. The molecule has 0 saturated carbocycles. The molecule has 6 heteroatoms. The topological polar surface area (TPSA) is 65.7 Å². The minimum atomic E-state index is -3.01. The van der Waals surface area contributed by atoms with Crippen LogP contribution in [0.3, 0.4) is 0 Å². The summed E-state index contributed by atoms with van der Waals surface area (Å²) in [5, 5.41) is 3.20. The predicted octanol–water partition coefficient (Wildman–Crippen LogP) is 0.856. The molecular weight excluding hydrogens is 272 g/mol. The van der Waals surface area contributed by atoms with Crippen LogP contribution in [0.4, 0.5) is 0 Å². The van der Waals surface area contributed by atoms with Crippen molar-refractivity contribution in [3.05, 3.63) is 0 Å². The summed E-state index contributed by atoms with van der Waals surface area (Å²) in [6, 6.07) is 0.572. The van der Waals surface area contributed by atoms with Gasteiger partial charge < -0.3 is 24.3 Å². The minimum absolute atomic E-state index is 0.572. The van der Waals surface area contributed by atoms with Gasteiger partial charge in [0.2, 0.25) is 0 Å². The first-order valence-electron chi connectivity index (χ1n) is 6.44. The summed E-state index contributed by atoms with van der Waals surface area (Å²) in [7, 11) is -3.01. The second kappa shape index (κ2) is 12.3. The molecule has 0 radical (unpaired) electrons. The van der Waals surface area contributed by atoms with Crippen molar-refractivity contribution >= 4 is 8.80 Å². The van der Waals surface area contributed by atoms with Gasteiger partial charge in [0.1, 0.15) is 0 Å². The molecule has 0 atom stereocenters. The van der Waals surface area contributed by atoms with Gasteiger partial charge in [-0.05, 0) is 13.0 Å². The van der Waals surface area contributed by atoms with Crippen LogP contribution >= 0.6 is 0 Å². The highest BCUT2D eigenvalue weighted by Crippen LogP contribution is 2.16. The van der Waals surface area contributed by atoms with E-state index in [9.17, 15) is 0 Å². The Morgan fingerprint density at radius 2 is 1.40 bits per heavy atom. The number of rotatable bonds is 9. The van der Waals surface area contributed by atoms with Crippen molar-refractivity contribution in [1.82, 2.24) is 5.32 Å². The van der Waals surface area contributed by atoms with Gasteiger partial charge in [0.15, 0.2) is 0 Å². The summed E-state index contributed by atoms with van der Waals surface area (Å²) in [5.41, 5.74) is 5.41. The van der Waals surface area contributed by atoms with E-state index in [0.717, 1.165) is 19.5 Å². The maximum atomic E-state index is 5.47. The van der Waals surface area contributed by atoms with E-state index in [1.54, 1.807) is 20.8 Å². The summed E-state index contributed by atoms with van der Waals surface area (Å²) >= 11 is 0. The van der Waals surface area contributed by atoms with Crippen LogP contribution in [0.1, 0.15) is 27.2 Å². The lowest BCUT2D eigenvalue weighted by atomic mass is 10.5. The van der Waals surface area contributed by atoms with Crippen molar-refractivity contribution in [2.75, 3.05) is 19.6 Å². The molecule has 0 aromatic heterocycles. The minimum Gasteiger partial charge on any atom is -0.432 e. The van der Waals surface area contributed by atoms with Crippen LogP contribution in [0.2, 0.25) is 6.04 Å². The van der Waals surface area contributed by atoms with Crippen molar-refractivity contribution in [3.8, 4) is 36.1 Å². The Labute approximate surface area is 122 Å². The fourth-order valence-corrected chi connectivity index (χ4v) is 3.07. The molecule has 0 bridgehead atoms. The molecule has 0 amide bonds. The van der Waals surface area contributed by atoms with Gasteiger partial charge in [-0.2, -0.15) is 0 Å². The number of nitrogens with one attached hydrogen (secondary N) is 1. The Balaban J connectivity index is 4.67. The van der Waals surface area contributed by atoms with Crippen LogP contribution in [-0.2, 0) is 13.3 Å². The molecule has 20 heavy (non-hydrogen) atoms. The Hall–Kier alpha value is -1.78. The van der Waals surface area contributed by atoms with Gasteiger partial charge in [0.05, 0.1) is 24.4 Å². The lowest BCUT2D eigenvalue weighted by Crippen LogP contribution is -2.42. The molecule has 5 nitrogen and oxygen atoms in total. The number of hydrogen-bond donors (Lipinski definition) is 2. The second-order valence-corrected chi connectivity index (χ2v) is 6.17.